The number of amides is 3. The quantitative estimate of drug-likeness (QED) is 0.594. The first-order valence-electron chi connectivity index (χ1n) is 8.78. The van der Waals surface area contributed by atoms with Gasteiger partial charge in [0.2, 0.25) is 0 Å². The summed E-state index contributed by atoms with van der Waals surface area (Å²) in [5, 5.41) is -0.395. The van der Waals surface area contributed by atoms with Gasteiger partial charge in [-0.1, -0.05) is 29.8 Å². The number of anilines is 1. The van der Waals surface area contributed by atoms with Crippen LogP contribution in [0.2, 0.25) is 0 Å². The molecule has 8 heteroatoms. The molecule has 7 nitrogen and oxygen atoms in total. The largest absolute Gasteiger partial charge is 0.482 e. The molecule has 0 saturated carbocycles. The van der Waals surface area contributed by atoms with Gasteiger partial charge in [0.25, 0.3) is 17.7 Å². The van der Waals surface area contributed by atoms with Crippen molar-refractivity contribution >= 4 is 35.2 Å². The molecule has 2 aromatic carbocycles. The Balaban J connectivity index is 1.52. The van der Waals surface area contributed by atoms with Crippen molar-refractivity contribution in [3.8, 4) is 5.75 Å². The Labute approximate surface area is 167 Å². The summed E-state index contributed by atoms with van der Waals surface area (Å²) in [5.74, 6) is -0.593. The maximum atomic E-state index is 12.2. The number of hydrogen-bond acceptors (Lipinski definition) is 5. The number of carbonyl (C=O) groups excluding carboxylic acids is 3. The zero-order valence-electron chi connectivity index (χ0n) is 15.6. The summed E-state index contributed by atoms with van der Waals surface area (Å²) in [6, 6.07) is 14.8. The van der Waals surface area contributed by atoms with Crippen molar-refractivity contribution < 1.29 is 19.1 Å². The maximum absolute atomic E-state index is 12.2. The zero-order chi connectivity index (χ0) is 20.1. The van der Waals surface area contributed by atoms with E-state index in [0.29, 0.717) is 11.4 Å². The van der Waals surface area contributed by atoms with Crippen molar-refractivity contribution in [2.45, 2.75) is 24.0 Å². The third kappa shape index (κ3) is 4.83. The van der Waals surface area contributed by atoms with Crippen LogP contribution in [0.1, 0.15) is 12.5 Å². The van der Waals surface area contributed by atoms with Crippen molar-refractivity contribution in [2.24, 2.45) is 0 Å². The van der Waals surface area contributed by atoms with Crippen LogP contribution in [0.3, 0.4) is 0 Å². The predicted octanol–water partition coefficient (Wildman–Crippen LogP) is 2.05. The predicted molar refractivity (Wildman–Crippen MR) is 107 cm³/mol. The van der Waals surface area contributed by atoms with Gasteiger partial charge in [-0.25, -0.2) is 0 Å². The Bertz CT molecular complexity index is 885. The van der Waals surface area contributed by atoms with Gasteiger partial charge in [0.05, 0.1) is 10.9 Å². The molecule has 1 aliphatic heterocycles. The van der Waals surface area contributed by atoms with Crippen LogP contribution in [0.25, 0.3) is 0 Å². The highest BCUT2D eigenvalue weighted by Crippen LogP contribution is 2.31. The van der Waals surface area contributed by atoms with Gasteiger partial charge < -0.3 is 4.74 Å². The highest BCUT2D eigenvalue weighted by Gasteiger charge is 2.27. The molecule has 0 spiro atoms. The van der Waals surface area contributed by atoms with Gasteiger partial charge in [0.1, 0.15) is 12.3 Å². The van der Waals surface area contributed by atoms with Crippen LogP contribution in [0.5, 0.6) is 5.75 Å². The van der Waals surface area contributed by atoms with Crippen LogP contribution < -0.4 is 20.5 Å². The first-order chi connectivity index (χ1) is 13.4. The fourth-order valence-corrected chi connectivity index (χ4v) is 3.49. The minimum atomic E-state index is -0.495. The van der Waals surface area contributed by atoms with E-state index >= 15 is 0 Å². The Hall–Kier alpha value is -3.00. The molecule has 28 heavy (non-hydrogen) atoms. The van der Waals surface area contributed by atoms with Gasteiger partial charge in [0.15, 0.2) is 6.61 Å². The lowest BCUT2D eigenvalue weighted by Gasteiger charge is -2.28. The number of aryl methyl sites for hydroxylation is 1. The number of carbonyl (C=O) groups is 3. The third-order valence-corrected chi connectivity index (χ3v) is 5.25. The van der Waals surface area contributed by atoms with Gasteiger partial charge in [-0.2, -0.15) is 0 Å². The summed E-state index contributed by atoms with van der Waals surface area (Å²) in [6.45, 7) is 3.42. The smallest absolute Gasteiger partial charge is 0.265 e. The second-order valence-electron chi connectivity index (χ2n) is 6.35. The molecule has 3 rings (SSSR count). The topological polar surface area (TPSA) is 87.7 Å². The zero-order valence-corrected chi connectivity index (χ0v) is 16.4. The van der Waals surface area contributed by atoms with Crippen molar-refractivity contribution in [3.63, 3.8) is 0 Å². The van der Waals surface area contributed by atoms with E-state index in [-0.39, 0.29) is 25.0 Å². The summed E-state index contributed by atoms with van der Waals surface area (Å²) in [4.78, 5) is 38.9. The molecule has 0 saturated heterocycles. The van der Waals surface area contributed by atoms with Crippen LogP contribution >= 0.6 is 11.8 Å². The summed E-state index contributed by atoms with van der Waals surface area (Å²) in [6.07, 6.45) is 0. The Morgan fingerprint density at radius 1 is 1.14 bits per heavy atom. The maximum Gasteiger partial charge on any atom is 0.265 e. The number of ether oxygens (including phenoxy) is 1. The molecule has 2 N–H and O–H groups in total. The van der Waals surface area contributed by atoms with Gasteiger partial charge in [-0.3, -0.25) is 30.1 Å². The lowest BCUT2D eigenvalue weighted by molar-refractivity contribution is -0.129. The minimum Gasteiger partial charge on any atom is -0.482 e. The van der Waals surface area contributed by atoms with Crippen LogP contribution in [0, 0.1) is 6.92 Å². The number of hydrogen-bond donors (Lipinski definition) is 2. The summed E-state index contributed by atoms with van der Waals surface area (Å²) >= 11 is 1.39. The Kier molecular flexibility index (Phi) is 6.20. The monoisotopic (exact) mass is 399 g/mol. The molecule has 0 radical (unpaired) electrons. The van der Waals surface area contributed by atoms with Crippen LogP contribution in [0.15, 0.2) is 53.4 Å². The minimum absolute atomic E-state index is 0.124. The molecule has 3 amide bonds. The van der Waals surface area contributed by atoms with E-state index in [2.05, 4.69) is 10.9 Å². The number of thioether (sulfide) groups is 1. The van der Waals surface area contributed by atoms with Gasteiger partial charge in [-0.05, 0) is 38.1 Å². The standard InChI is InChI=1S/C20H21N3O4S/c1-13-7-9-15(10-8-13)28-14(2)20(26)22-21-18(24)11-23-16-5-3-4-6-17(16)27-12-19(23)25/h3-10,14H,11-12H2,1-2H3,(H,21,24)(H,22,26)/t14-/m0/s1. The number of fused-ring (bicyclic) bond motifs is 1. The van der Waals surface area contributed by atoms with Crippen LogP contribution in [-0.4, -0.2) is 36.1 Å². The molecule has 2 aromatic rings. The van der Waals surface area contributed by atoms with E-state index in [0.717, 1.165) is 10.5 Å². The number of nitrogens with zero attached hydrogens (tertiary/aromatic N) is 1. The molecular formula is C20H21N3O4S. The number of benzene rings is 2. The SMILES string of the molecule is Cc1ccc(S[C@@H](C)C(=O)NNC(=O)CN2C(=O)COc3ccccc32)cc1. The van der Waals surface area contributed by atoms with Gasteiger partial charge in [0, 0.05) is 4.90 Å². The lowest BCUT2D eigenvalue weighted by Crippen LogP contribution is -2.51. The summed E-state index contributed by atoms with van der Waals surface area (Å²) in [5.41, 5.74) is 6.46. The highest BCUT2D eigenvalue weighted by atomic mass is 32.2. The Morgan fingerprint density at radius 2 is 1.86 bits per heavy atom. The number of nitrogens with one attached hydrogen (secondary N) is 2. The van der Waals surface area contributed by atoms with E-state index in [9.17, 15) is 14.4 Å². The fraction of sp³-hybridized carbons (Fsp3) is 0.250. The molecule has 0 aliphatic carbocycles. The van der Waals surface area contributed by atoms with Crippen LogP contribution in [0.4, 0.5) is 5.69 Å². The molecule has 0 unspecified atom stereocenters. The Morgan fingerprint density at radius 3 is 2.61 bits per heavy atom. The second-order valence-corrected chi connectivity index (χ2v) is 7.76. The average Bonchev–Trinajstić information content (AvgIpc) is 2.70. The van der Waals surface area contributed by atoms with E-state index < -0.39 is 11.2 Å². The molecule has 1 atom stereocenters. The average molecular weight is 399 g/mol. The van der Waals surface area contributed by atoms with Crippen molar-refractivity contribution in [1.82, 2.24) is 10.9 Å². The van der Waals surface area contributed by atoms with Gasteiger partial charge in [-0.15, -0.1) is 11.8 Å². The number of para-hydroxylation sites is 2. The molecule has 146 valence electrons. The van der Waals surface area contributed by atoms with Crippen molar-refractivity contribution in [2.75, 3.05) is 18.1 Å². The van der Waals surface area contributed by atoms with Crippen LogP contribution in [-0.2, 0) is 14.4 Å². The van der Waals surface area contributed by atoms with E-state index in [1.54, 1.807) is 31.2 Å². The molecule has 0 aromatic heterocycles. The van der Waals surface area contributed by atoms with Crippen molar-refractivity contribution in [1.29, 1.82) is 0 Å². The van der Waals surface area contributed by atoms with E-state index in [1.807, 2.05) is 31.2 Å². The highest BCUT2D eigenvalue weighted by molar-refractivity contribution is 8.00. The third-order valence-electron chi connectivity index (χ3n) is 4.14. The fourth-order valence-electron chi connectivity index (χ4n) is 2.62. The molecular weight excluding hydrogens is 378 g/mol. The normalized spacial score (nSPS) is 13.9. The lowest BCUT2D eigenvalue weighted by atomic mass is 10.2. The first-order valence-corrected chi connectivity index (χ1v) is 9.66. The summed E-state index contributed by atoms with van der Waals surface area (Å²) < 4.78 is 5.35. The first kappa shape index (κ1) is 19.8. The second kappa shape index (κ2) is 8.79. The molecule has 1 aliphatic rings. The van der Waals surface area contributed by atoms with Crippen molar-refractivity contribution in [3.05, 3.63) is 54.1 Å². The number of hydrazine groups is 1. The number of rotatable bonds is 5. The summed E-state index contributed by atoms with van der Waals surface area (Å²) in [7, 11) is 0. The molecule has 0 bridgehead atoms. The van der Waals surface area contributed by atoms with Gasteiger partial charge >= 0.3 is 0 Å². The molecule has 0 fully saturated rings. The van der Waals surface area contributed by atoms with E-state index in [4.69, 9.17) is 4.74 Å². The molecule has 1 heterocycles. The van der Waals surface area contributed by atoms with E-state index in [1.165, 1.54) is 16.7 Å².